The first-order valence-electron chi connectivity index (χ1n) is 29.1. The molecule has 0 saturated carbocycles. The van der Waals surface area contributed by atoms with Gasteiger partial charge in [-0.15, -0.1) is 0 Å². The van der Waals surface area contributed by atoms with Gasteiger partial charge in [0.1, 0.15) is 11.4 Å². The molecule has 11 aromatic carbocycles. The molecule has 11 heteroatoms. The van der Waals surface area contributed by atoms with E-state index in [0.717, 1.165) is 132 Å². The van der Waals surface area contributed by atoms with E-state index in [2.05, 4.69) is 257 Å². The fraction of sp³-hybridized carbons (Fsp3) is 0.0400. The molecular weight excluding hydrogens is 1050 g/mol. The van der Waals surface area contributed by atoms with Crippen molar-refractivity contribution in [2.75, 3.05) is 0 Å². The van der Waals surface area contributed by atoms with Gasteiger partial charge in [-0.05, 0) is 93.6 Å². The smallest absolute Gasteiger partial charge is 0.309 e. The van der Waals surface area contributed by atoms with Crippen LogP contribution in [0.1, 0.15) is 16.7 Å². The minimum Gasteiger partial charge on any atom is -0.309 e. The molecule has 10 nitrogen and oxygen atoms in total. The van der Waals surface area contributed by atoms with Gasteiger partial charge in [-0.1, -0.05) is 204 Å². The quantitative estimate of drug-likeness (QED) is 0.134. The Balaban J connectivity index is 0.959. The van der Waals surface area contributed by atoms with Gasteiger partial charge in [0.25, 0.3) is 0 Å². The zero-order valence-corrected chi connectivity index (χ0v) is 47.3. The predicted molar refractivity (Wildman–Crippen MR) is 353 cm³/mol. The lowest BCUT2D eigenvalue weighted by atomic mass is 9.41. The Labute approximate surface area is 494 Å². The van der Waals surface area contributed by atoms with Gasteiger partial charge in [0.15, 0.2) is 11.6 Å². The molecule has 0 atom stereocenters. The van der Waals surface area contributed by atoms with Gasteiger partial charge < -0.3 is 9.13 Å². The van der Waals surface area contributed by atoms with E-state index in [1.807, 2.05) is 36.4 Å². The third kappa shape index (κ3) is 7.67. The second-order valence-electron chi connectivity index (χ2n) is 22.5. The molecule has 0 unspecified atom stereocenters. The Morgan fingerprint density at radius 1 is 0.267 bits per heavy atom. The van der Waals surface area contributed by atoms with Gasteiger partial charge >= 0.3 is 6.71 Å². The molecule has 0 aliphatic rings. The van der Waals surface area contributed by atoms with Crippen LogP contribution in [-0.4, -0.2) is 54.9 Å². The highest BCUT2D eigenvalue weighted by Gasteiger charge is 2.35. The summed E-state index contributed by atoms with van der Waals surface area (Å²) < 4.78 is 9.20. The summed E-state index contributed by atoms with van der Waals surface area (Å²) in [5.41, 5.74) is 17.6. The normalized spacial score (nSPS) is 11.9. The lowest BCUT2D eigenvalue weighted by Crippen LogP contribution is -2.59. The molecule has 0 radical (unpaired) electrons. The lowest BCUT2D eigenvalue weighted by molar-refractivity contribution is 0.960. The van der Waals surface area contributed by atoms with Gasteiger partial charge in [-0.3, -0.25) is 9.13 Å². The molecule has 0 fully saturated rings. The Hall–Kier alpha value is -11.3. The number of aryl methyl sites for hydroxylation is 3. The van der Waals surface area contributed by atoms with Crippen LogP contribution in [0.5, 0.6) is 0 Å². The average Bonchev–Trinajstić information content (AvgIpc) is 1.99. The van der Waals surface area contributed by atoms with Gasteiger partial charge in [-0.25, -0.2) is 19.9 Å². The first-order valence-corrected chi connectivity index (χ1v) is 29.1. The maximum absolute atomic E-state index is 5.77. The number of fused-ring (bicyclic) bond motifs is 12. The van der Waals surface area contributed by atoms with Crippen molar-refractivity contribution in [3.05, 3.63) is 271 Å². The summed E-state index contributed by atoms with van der Waals surface area (Å²) in [5, 5.41) is 8.90. The Morgan fingerprint density at radius 3 is 0.930 bits per heavy atom. The Morgan fingerprint density at radius 2 is 0.570 bits per heavy atom. The van der Waals surface area contributed by atoms with Gasteiger partial charge in [0.05, 0.1) is 44.1 Å². The molecule has 86 heavy (non-hydrogen) atoms. The zero-order chi connectivity index (χ0) is 57.1. The fourth-order valence-electron chi connectivity index (χ4n) is 13.7. The van der Waals surface area contributed by atoms with E-state index in [4.69, 9.17) is 29.9 Å². The van der Waals surface area contributed by atoms with Crippen molar-refractivity contribution in [2.45, 2.75) is 20.8 Å². The summed E-state index contributed by atoms with van der Waals surface area (Å²) in [6.07, 6.45) is 0. The third-order valence-electron chi connectivity index (χ3n) is 17.2. The van der Waals surface area contributed by atoms with E-state index in [1.54, 1.807) is 0 Å². The SMILES string of the molecule is Cc1cc(C)c(B(c2nc(-c3ccccc3)nc(-n3c4ccccc4c4cc5c(cc43)c3ccccc3n5-c3ccccc3)n2)c2nc(-c3ccccc3)nc(-n3c4ccccc4c4cc5c(cc43)c3ccccc3n5-c3ccccc3)n2)c(C)c1. The minimum atomic E-state index is -0.712. The second kappa shape index (κ2) is 19.4. The van der Waals surface area contributed by atoms with E-state index in [-0.39, 0.29) is 0 Å². The molecular formula is C75H51BN10. The number of benzene rings is 11. The summed E-state index contributed by atoms with van der Waals surface area (Å²) in [7, 11) is 0. The number of hydrogen-bond donors (Lipinski definition) is 0. The van der Waals surface area contributed by atoms with Crippen LogP contribution in [0.4, 0.5) is 0 Å². The first-order chi connectivity index (χ1) is 42.4. The van der Waals surface area contributed by atoms with Crippen molar-refractivity contribution in [3.63, 3.8) is 0 Å². The summed E-state index contributed by atoms with van der Waals surface area (Å²) in [6, 6.07) is 90.0. The highest BCUT2D eigenvalue weighted by atomic mass is 15.2. The molecule has 0 bridgehead atoms. The van der Waals surface area contributed by atoms with Crippen LogP contribution in [0.25, 0.3) is 133 Å². The minimum absolute atomic E-state index is 0.484. The first kappa shape index (κ1) is 49.3. The van der Waals surface area contributed by atoms with Crippen LogP contribution in [-0.2, 0) is 0 Å². The monoisotopic (exact) mass is 1100 g/mol. The average molecular weight is 1100 g/mol. The predicted octanol–water partition coefficient (Wildman–Crippen LogP) is 15.2. The maximum Gasteiger partial charge on any atom is 0.338 e. The van der Waals surface area contributed by atoms with Crippen molar-refractivity contribution in [2.24, 2.45) is 0 Å². The Bertz CT molecular complexity index is 5230. The van der Waals surface area contributed by atoms with E-state index in [9.17, 15) is 0 Å². The van der Waals surface area contributed by atoms with E-state index in [0.29, 0.717) is 35.0 Å². The lowest BCUT2D eigenvalue weighted by Gasteiger charge is -2.20. The number of aromatic nitrogens is 10. The molecule has 17 aromatic rings. The van der Waals surface area contributed by atoms with Crippen molar-refractivity contribution in [3.8, 4) is 46.0 Å². The van der Waals surface area contributed by atoms with Gasteiger partial charge in [-0.2, -0.15) is 9.97 Å². The molecule has 17 rings (SSSR count). The summed E-state index contributed by atoms with van der Waals surface area (Å²) in [4.78, 5) is 33.7. The molecule has 0 aliphatic heterocycles. The summed E-state index contributed by atoms with van der Waals surface area (Å²) in [6.45, 7) is 5.79. The van der Waals surface area contributed by atoms with Crippen LogP contribution in [0, 0.1) is 20.8 Å². The Kier molecular flexibility index (Phi) is 11.1. The van der Waals surface area contributed by atoms with E-state index >= 15 is 0 Å². The van der Waals surface area contributed by atoms with Crippen LogP contribution in [0.3, 0.4) is 0 Å². The van der Waals surface area contributed by atoms with Crippen molar-refractivity contribution in [1.29, 1.82) is 0 Å². The molecule has 0 N–H and O–H groups in total. The van der Waals surface area contributed by atoms with Crippen LogP contribution in [0.15, 0.2) is 255 Å². The van der Waals surface area contributed by atoms with Gasteiger partial charge in [0.2, 0.25) is 11.9 Å². The standard InChI is InChI=1S/C75H51BN10/c1-46-40-47(2)69(48(3)41-46)76(72-77-70(49-24-8-4-9-25-49)79-74(81-72)85-63-38-22-18-34-55(63)59-42-65-57(44-67(59)85)53-32-16-20-36-61(53)83(65)51-28-12-6-13-29-51)73-78-71(50-26-10-5-11-27-50)80-75(82-73)86-64-39-23-19-35-56(64)60-43-66-58(45-68(60)86)54-33-17-21-37-62(54)84(66)52-30-14-7-15-31-52/h4-45H,1-3H3. The largest absolute Gasteiger partial charge is 0.338 e. The molecule has 404 valence electrons. The summed E-state index contributed by atoms with van der Waals surface area (Å²) >= 11 is 0. The topological polar surface area (TPSA) is 97.1 Å². The molecule has 0 aliphatic carbocycles. The molecule has 0 amide bonds. The molecule has 0 spiro atoms. The van der Waals surface area contributed by atoms with Crippen molar-refractivity contribution >= 4 is 111 Å². The second-order valence-corrected chi connectivity index (χ2v) is 22.5. The molecule has 6 aromatic heterocycles. The maximum atomic E-state index is 5.77. The summed E-state index contributed by atoms with van der Waals surface area (Å²) in [5.74, 6) is 2.03. The van der Waals surface area contributed by atoms with Crippen molar-refractivity contribution in [1.82, 2.24) is 48.2 Å². The van der Waals surface area contributed by atoms with Crippen LogP contribution < -0.4 is 16.9 Å². The van der Waals surface area contributed by atoms with Crippen molar-refractivity contribution < 1.29 is 0 Å². The zero-order valence-electron chi connectivity index (χ0n) is 47.3. The van der Waals surface area contributed by atoms with E-state index < -0.39 is 6.71 Å². The van der Waals surface area contributed by atoms with Crippen LogP contribution in [0.2, 0.25) is 0 Å². The third-order valence-corrected chi connectivity index (χ3v) is 17.2. The number of rotatable bonds is 9. The molecule has 6 heterocycles. The highest BCUT2D eigenvalue weighted by Crippen LogP contribution is 2.41. The highest BCUT2D eigenvalue weighted by molar-refractivity contribution is 6.94. The van der Waals surface area contributed by atoms with Gasteiger partial charge in [0, 0.05) is 65.6 Å². The molecule has 0 saturated heterocycles. The number of nitrogens with zero attached hydrogens (tertiary/aromatic N) is 10. The number of hydrogen-bond acceptors (Lipinski definition) is 6. The van der Waals surface area contributed by atoms with Crippen LogP contribution >= 0.6 is 0 Å². The van der Waals surface area contributed by atoms with E-state index in [1.165, 1.54) is 0 Å². The fourth-order valence-corrected chi connectivity index (χ4v) is 13.7. The number of para-hydroxylation sites is 6.